The lowest BCUT2D eigenvalue weighted by Crippen LogP contribution is -2.31. The number of methoxy groups -OCH3 is 1. The van der Waals surface area contributed by atoms with Gasteiger partial charge in [0.2, 0.25) is 5.91 Å². The normalized spacial score (nSPS) is 12.1. The maximum Gasteiger partial charge on any atom is 0.241 e. The second-order valence-corrected chi connectivity index (χ2v) is 3.77. The highest BCUT2D eigenvalue weighted by atomic mass is 16.5. The molecule has 1 amide bonds. The monoisotopic (exact) mass is 222 g/mol. The van der Waals surface area contributed by atoms with Gasteiger partial charge in [0, 0.05) is 12.6 Å². The molecule has 0 fully saturated rings. The van der Waals surface area contributed by atoms with Crippen LogP contribution in [0.3, 0.4) is 0 Å². The molecule has 0 aliphatic carbocycles. The Kier molecular flexibility index (Phi) is 3.90. The van der Waals surface area contributed by atoms with Crippen molar-refractivity contribution in [3.8, 4) is 5.75 Å². The summed E-state index contributed by atoms with van der Waals surface area (Å²) >= 11 is 0. The minimum absolute atomic E-state index is 0.221. The summed E-state index contributed by atoms with van der Waals surface area (Å²) in [6.07, 6.45) is 0. The fourth-order valence-corrected chi connectivity index (χ4v) is 1.53. The molecule has 0 radical (unpaired) electrons. The van der Waals surface area contributed by atoms with E-state index in [0.717, 1.165) is 11.1 Å². The Morgan fingerprint density at radius 2 is 1.94 bits per heavy atom. The van der Waals surface area contributed by atoms with Crippen molar-refractivity contribution in [1.82, 2.24) is 5.32 Å². The van der Waals surface area contributed by atoms with Crippen molar-refractivity contribution in [1.29, 1.82) is 0 Å². The van der Waals surface area contributed by atoms with Gasteiger partial charge in [0.25, 0.3) is 0 Å². The molecule has 1 atom stereocenters. The molecule has 1 aromatic rings. The van der Waals surface area contributed by atoms with E-state index in [0.29, 0.717) is 11.3 Å². The van der Waals surface area contributed by atoms with E-state index >= 15 is 0 Å². The van der Waals surface area contributed by atoms with Crippen molar-refractivity contribution in [2.24, 2.45) is 5.73 Å². The average Bonchev–Trinajstić information content (AvgIpc) is 2.30. The molecule has 4 nitrogen and oxygen atoms in total. The number of likely N-dealkylation sites (N-methyl/N-ethyl adjacent to an activating group) is 1. The number of hydrogen-bond donors (Lipinski definition) is 2. The average molecular weight is 222 g/mol. The largest absolute Gasteiger partial charge is 0.496 e. The van der Waals surface area contributed by atoms with Crippen molar-refractivity contribution < 1.29 is 9.53 Å². The molecular weight excluding hydrogens is 204 g/mol. The molecule has 0 saturated carbocycles. The van der Waals surface area contributed by atoms with E-state index in [2.05, 4.69) is 5.32 Å². The maximum absolute atomic E-state index is 11.5. The van der Waals surface area contributed by atoms with Crippen LogP contribution >= 0.6 is 0 Å². The van der Waals surface area contributed by atoms with Crippen molar-refractivity contribution >= 4 is 5.91 Å². The number of nitrogens with one attached hydrogen (secondary N) is 1. The van der Waals surface area contributed by atoms with Crippen LogP contribution in [0.5, 0.6) is 5.75 Å². The lowest BCUT2D eigenvalue weighted by molar-refractivity contribution is -0.122. The molecule has 0 aliphatic rings. The number of hydrogen-bond acceptors (Lipinski definition) is 3. The molecule has 0 aromatic heterocycles. The van der Waals surface area contributed by atoms with Gasteiger partial charge >= 0.3 is 0 Å². The highest BCUT2D eigenvalue weighted by Gasteiger charge is 2.19. The van der Waals surface area contributed by atoms with Crippen molar-refractivity contribution in [3.05, 3.63) is 28.8 Å². The van der Waals surface area contributed by atoms with Crippen LogP contribution in [-0.2, 0) is 4.79 Å². The summed E-state index contributed by atoms with van der Waals surface area (Å²) in [6.45, 7) is 3.97. The van der Waals surface area contributed by atoms with E-state index in [1.165, 1.54) is 0 Å². The summed E-state index contributed by atoms with van der Waals surface area (Å²) in [5.41, 5.74) is 8.77. The summed E-state index contributed by atoms with van der Waals surface area (Å²) in [6, 6.07) is 3.10. The lowest BCUT2D eigenvalue weighted by Gasteiger charge is -2.16. The quantitative estimate of drug-likeness (QED) is 0.803. The predicted octanol–water partition coefficient (Wildman–Crippen LogP) is 1.06. The maximum atomic E-state index is 11.5. The number of carbonyl (C=O) groups excluding carboxylic acids is 1. The Morgan fingerprint density at radius 3 is 2.44 bits per heavy atom. The predicted molar refractivity (Wildman–Crippen MR) is 63.5 cm³/mol. The topological polar surface area (TPSA) is 64.4 Å². The third kappa shape index (κ3) is 2.33. The van der Waals surface area contributed by atoms with Crippen LogP contribution in [0.15, 0.2) is 12.1 Å². The summed E-state index contributed by atoms with van der Waals surface area (Å²) in [7, 11) is 3.14. The van der Waals surface area contributed by atoms with Gasteiger partial charge in [-0.25, -0.2) is 0 Å². The van der Waals surface area contributed by atoms with Crippen LogP contribution in [-0.4, -0.2) is 20.1 Å². The summed E-state index contributed by atoms with van der Waals surface area (Å²) in [5, 5.41) is 2.53. The zero-order valence-electron chi connectivity index (χ0n) is 10.1. The lowest BCUT2D eigenvalue weighted by atomic mass is 9.99. The Morgan fingerprint density at radius 1 is 1.38 bits per heavy atom. The van der Waals surface area contributed by atoms with E-state index in [4.69, 9.17) is 10.5 Å². The molecule has 0 bridgehead atoms. The molecule has 1 rings (SSSR count). The van der Waals surface area contributed by atoms with Crippen molar-refractivity contribution in [2.75, 3.05) is 14.2 Å². The number of nitrogens with two attached hydrogens (primary N) is 1. The van der Waals surface area contributed by atoms with E-state index in [1.807, 2.05) is 26.0 Å². The smallest absolute Gasteiger partial charge is 0.241 e. The fraction of sp³-hybridized carbons (Fsp3) is 0.417. The Labute approximate surface area is 95.8 Å². The molecule has 0 saturated heterocycles. The number of aryl methyl sites for hydroxylation is 2. The SMILES string of the molecule is CNC(=O)C(N)c1cc(C)c(C)cc1OC. The Balaban J connectivity index is 3.21. The van der Waals surface area contributed by atoms with Crippen molar-refractivity contribution in [2.45, 2.75) is 19.9 Å². The third-order valence-corrected chi connectivity index (χ3v) is 2.71. The van der Waals surface area contributed by atoms with E-state index in [-0.39, 0.29) is 5.91 Å². The zero-order valence-corrected chi connectivity index (χ0v) is 10.1. The highest BCUT2D eigenvalue weighted by Crippen LogP contribution is 2.27. The van der Waals surface area contributed by atoms with Gasteiger partial charge in [0.05, 0.1) is 7.11 Å². The van der Waals surface area contributed by atoms with Gasteiger partial charge in [-0.05, 0) is 31.0 Å². The second kappa shape index (κ2) is 4.99. The van der Waals surface area contributed by atoms with E-state index < -0.39 is 6.04 Å². The Hall–Kier alpha value is -1.55. The van der Waals surface area contributed by atoms with Gasteiger partial charge < -0.3 is 15.8 Å². The van der Waals surface area contributed by atoms with Crippen molar-refractivity contribution in [3.63, 3.8) is 0 Å². The molecule has 0 spiro atoms. The van der Waals surface area contributed by atoms with E-state index in [1.54, 1.807) is 14.2 Å². The second-order valence-electron chi connectivity index (χ2n) is 3.77. The molecule has 4 heteroatoms. The summed E-state index contributed by atoms with van der Waals surface area (Å²) in [5.74, 6) is 0.431. The number of carbonyl (C=O) groups is 1. The molecule has 1 unspecified atom stereocenters. The molecule has 0 aliphatic heterocycles. The van der Waals surface area contributed by atoms with Crippen LogP contribution in [0.25, 0.3) is 0 Å². The minimum atomic E-state index is -0.695. The molecule has 1 aromatic carbocycles. The highest BCUT2D eigenvalue weighted by molar-refractivity contribution is 5.83. The van der Waals surface area contributed by atoms with Gasteiger partial charge in [0.15, 0.2) is 0 Å². The first-order valence-electron chi connectivity index (χ1n) is 5.13. The van der Waals surface area contributed by atoms with Crippen LogP contribution in [0.4, 0.5) is 0 Å². The number of rotatable bonds is 3. The van der Waals surface area contributed by atoms with Crippen LogP contribution < -0.4 is 15.8 Å². The van der Waals surface area contributed by atoms with E-state index in [9.17, 15) is 4.79 Å². The number of ether oxygens (including phenoxy) is 1. The first-order chi connectivity index (χ1) is 7.51. The van der Waals surface area contributed by atoms with Gasteiger partial charge in [-0.3, -0.25) is 4.79 Å². The first-order valence-corrected chi connectivity index (χ1v) is 5.13. The standard InChI is InChI=1S/C12H18N2O2/c1-7-5-9(11(13)12(15)14-3)10(16-4)6-8(7)2/h5-6,11H,13H2,1-4H3,(H,14,15). The van der Waals surface area contributed by atoms with Crippen LogP contribution in [0.2, 0.25) is 0 Å². The van der Waals surface area contributed by atoms with Gasteiger partial charge in [-0.15, -0.1) is 0 Å². The van der Waals surface area contributed by atoms with Gasteiger partial charge in [-0.2, -0.15) is 0 Å². The fourth-order valence-electron chi connectivity index (χ4n) is 1.53. The van der Waals surface area contributed by atoms with Crippen LogP contribution in [0.1, 0.15) is 22.7 Å². The Bertz CT molecular complexity index is 402. The first kappa shape index (κ1) is 12.5. The molecule has 0 heterocycles. The van der Waals surface area contributed by atoms with Crippen LogP contribution in [0, 0.1) is 13.8 Å². The molecule has 88 valence electrons. The number of amides is 1. The van der Waals surface area contributed by atoms with Gasteiger partial charge in [0.1, 0.15) is 11.8 Å². The molecule has 16 heavy (non-hydrogen) atoms. The third-order valence-electron chi connectivity index (χ3n) is 2.71. The number of benzene rings is 1. The molecule has 3 N–H and O–H groups in total. The molecular formula is C12H18N2O2. The zero-order chi connectivity index (χ0) is 12.3. The summed E-state index contributed by atoms with van der Waals surface area (Å²) in [4.78, 5) is 11.5. The van der Waals surface area contributed by atoms with Gasteiger partial charge in [-0.1, -0.05) is 6.07 Å². The summed E-state index contributed by atoms with van der Waals surface area (Å²) < 4.78 is 5.24. The minimum Gasteiger partial charge on any atom is -0.496 e.